The standard InChI is InChI=1S/C26H33N3O4S/c1-7-28(8-2)15-16-29(26-27-24-21(32-5)12-9-18(3)25(24)34-26)23(30)14-11-19-10-13-20(31-4)22(17-19)33-6/h9-14,17H,7-8,15-16H2,1-6H3/b14-11+. The molecule has 0 aliphatic rings. The second-order valence-corrected chi connectivity index (χ2v) is 8.70. The predicted octanol–water partition coefficient (Wildman–Crippen LogP) is 5.02. The second-order valence-electron chi connectivity index (χ2n) is 7.72. The summed E-state index contributed by atoms with van der Waals surface area (Å²) in [6.45, 7) is 9.44. The van der Waals surface area contributed by atoms with Crippen molar-refractivity contribution >= 4 is 38.7 Å². The van der Waals surface area contributed by atoms with E-state index in [9.17, 15) is 4.79 Å². The van der Waals surface area contributed by atoms with Gasteiger partial charge >= 0.3 is 0 Å². The number of methoxy groups -OCH3 is 3. The van der Waals surface area contributed by atoms with Gasteiger partial charge in [0.15, 0.2) is 16.6 Å². The van der Waals surface area contributed by atoms with Gasteiger partial charge in [-0.1, -0.05) is 37.3 Å². The molecule has 0 unspecified atom stereocenters. The topological polar surface area (TPSA) is 64.1 Å². The molecule has 2 aromatic carbocycles. The Bertz CT molecular complexity index is 1150. The smallest absolute Gasteiger partial charge is 0.252 e. The number of aromatic nitrogens is 1. The molecule has 0 N–H and O–H groups in total. The van der Waals surface area contributed by atoms with Crippen LogP contribution in [0.15, 0.2) is 36.4 Å². The van der Waals surface area contributed by atoms with Gasteiger partial charge in [0, 0.05) is 19.2 Å². The molecule has 0 aliphatic carbocycles. The Balaban J connectivity index is 1.94. The Morgan fingerprint density at radius 1 is 0.971 bits per heavy atom. The molecular weight excluding hydrogens is 450 g/mol. The van der Waals surface area contributed by atoms with Crippen molar-refractivity contribution in [1.29, 1.82) is 0 Å². The summed E-state index contributed by atoms with van der Waals surface area (Å²) in [4.78, 5) is 22.2. The van der Waals surface area contributed by atoms with Crippen molar-refractivity contribution in [3.63, 3.8) is 0 Å². The first-order chi connectivity index (χ1) is 16.4. The minimum atomic E-state index is -0.127. The van der Waals surface area contributed by atoms with Gasteiger partial charge in [-0.2, -0.15) is 0 Å². The molecule has 8 heteroatoms. The van der Waals surface area contributed by atoms with E-state index >= 15 is 0 Å². The molecule has 0 bridgehead atoms. The summed E-state index contributed by atoms with van der Waals surface area (Å²) < 4.78 is 17.2. The normalized spacial score (nSPS) is 11.4. The zero-order valence-corrected chi connectivity index (χ0v) is 21.6. The average molecular weight is 484 g/mol. The molecule has 0 spiro atoms. The zero-order chi connectivity index (χ0) is 24.7. The first kappa shape index (κ1) is 25.5. The maximum atomic E-state index is 13.4. The SMILES string of the molecule is CCN(CC)CCN(C(=O)/C=C/c1ccc(OC)c(OC)c1)c1nc2c(OC)ccc(C)c2s1. The molecule has 0 aliphatic heterocycles. The predicted molar refractivity (Wildman–Crippen MR) is 140 cm³/mol. The second kappa shape index (κ2) is 11.9. The summed E-state index contributed by atoms with van der Waals surface area (Å²) in [5, 5.41) is 0.664. The number of benzene rings is 2. The zero-order valence-electron chi connectivity index (χ0n) is 20.8. The lowest BCUT2D eigenvalue weighted by Gasteiger charge is -2.23. The number of fused-ring (bicyclic) bond motifs is 1. The first-order valence-electron chi connectivity index (χ1n) is 11.3. The van der Waals surface area contributed by atoms with Crippen LogP contribution in [0, 0.1) is 6.92 Å². The number of rotatable bonds is 11. The lowest BCUT2D eigenvalue weighted by Crippen LogP contribution is -2.38. The van der Waals surface area contributed by atoms with E-state index < -0.39 is 0 Å². The van der Waals surface area contributed by atoms with E-state index in [0.717, 1.165) is 41.0 Å². The fraction of sp³-hybridized carbons (Fsp3) is 0.385. The van der Waals surface area contributed by atoms with Crippen LogP contribution >= 0.6 is 11.3 Å². The van der Waals surface area contributed by atoms with Crippen LogP contribution in [-0.2, 0) is 4.79 Å². The van der Waals surface area contributed by atoms with Gasteiger partial charge in [-0.15, -0.1) is 0 Å². The third-order valence-corrected chi connectivity index (χ3v) is 6.98. The molecule has 0 fully saturated rings. The van der Waals surface area contributed by atoms with Crippen molar-refractivity contribution < 1.29 is 19.0 Å². The molecule has 182 valence electrons. The quantitative estimate of drug-likeness (QED) is 0.357. The van der Waals surface area contributed by atoms with Crippen LogP contribution in [0.3, 0.4) is 0 Å². The highest BCUT2D eigenvalue weighted by atomic mass is 32.1. The molecule has 3 rings (SSSR count). The number of anilines is 1. The number of nitrogens with zero attached hydrogens (tertiary/aromatic N) is 3. The Morgan fingerprint density at radius 2 is 1.65 bits per heavy atom. The summed E-state index contributed by atoms with van der Waals surface area (Å²) >= 11 is 1.51. The van der Waals surface area contributed by atoms with E-state index in [1.54, 1.807) is 38.4 Å². The summed E-state index contributed by atoms with van der Waals surface area (Å²) in [5.41, 5.74) is 2.74. The third kappa shape index (κ3) is 5.69. The van der Waals surface area contributed by atoms with Crippen LogP contribution in [0.2, 0.25) is 0 Å². The number of likely N-dealkylation sites (N-methyl/N-ethyl adjacent to an activating group) is 1. The number of ether oxygens (including phenoxy) is 3. The minimum absolute atomic E-state index is 0.127. The van der Waals surface area contributed by atoms with Gasteiger partial charge in [-0.05, 0) is 55.4 Å². The Kier molecular flexibility index (Phi) is 8.90. The van der Waals surface area contributed by atoms with Gasteiger partial charge in [0.1, 0.15) is 11.3 Å². The molecule has 1 heterocycles. The van der Waals surface area contributed by atoms with Crippen molar-refractivity contribution in [1.82, 2.24) is 9.88 Å². The van der Waals surface area contributed by atoms with Crippen LogP contribution in [0.1, 0.15) is 25.0 Å². The molecule has 7 nitrogen and oxygen atoms in total. The van der Waals surface area contributed by atoms with E-state index in [2.05, 4.69) is 18.7 Å². The fourth-order valence-corrected chi connectivity index (χ4v) is 4.76. The maximum absolute atomic E-state index is 13.4. The number of carbonyl (C=O) groups is 1. The van der Waals surface area contributed by atoms with E-state index in [0.29, 0.717) is 28.9 Å². The lowest BCUT2D eigenvalue weighted by atomic mass is 10.2. The maximum Gasteiger partial charge on any atom is 0.252 e. The van der Waals surface area contributed by atoms with Crippen molar-refractivity contribution in [3.05, 3.63) is 47.5 Å². The molecule has 1 amide bonds. The summed E-state index contributed by atoms with van der Waals surface area (Å²) in [6, 6.07) is 9.48. The van der Waals surface area contributed by atoms with Gasteiger partial charge in [-0.25, -0.2) is 4.98 Å². The van der Waals surface area contributed by atoms with Crippen LogP contribution in [0.25, 0.3) is 16.3 Å². The third-order valence-electron chi connectivity index (χ3n) is 5.77. The number of aryl methyl sites for hydroxylation is 1. The van der Waals surface area contributed by atoms with Gasteiger partial charge in [0.25, 0.3) is 5.91 Å². The van der Waals surface area contributed by atoms with Crippen LogP contribution in [-0.4, -0.2) is 63.3 Å². The highest BCUT2D eigenvalue weighted by Gasteiger charge is 2.21. The summed E-state index contributed by atoms with van der Waals surface area (Å²) in [7, 11) is 4.83. The van der Waals surface area contributed by atoms with Crippen LogP contribution in [0.4, 0.5) is 5.13 Å². The largest absolute Gasteiger partial charge is 0.494 e. The van der Waals surface area contributed by atoms with Crippen LogP contribution < -0.4 is 19.1 Å². The Labute approximate surface area is 205 Å². The number of hydrogen-bond acceptors (Lipinski definition) is 7. The number of thiazole rings is 1. The monoisotopic (exact) mass is 483 g/mol. The van der Waals surface area contributed by atoms with Crippen LogP contribution in [0.5, 0.6) is 17.2 Å². The summed E-state index contributed by atoms with van der Waals surface area (Å²) in [6.07, 6.45) is 3.37. The molecule has 0 saturated heterocycles. The van der Waals surface area contributed by atoms with E-state index in [1.165, 1.54) is 11.3 Å². The first-order valence-corrected chi connectivity index (χ1v) is 12.1. The van der Waals surface area contributed by atoms with Crippen molar-refractivity contribution in [3.8, 4) is 17.2 Å². The van der Waals surface area contributed by atoms with E-state index in [-0.39, 0.29) is 5.91 Å². The molecule has 0 saturated carbocycles. The van der Waals surface area contributed by atoms with Gasteiger partial charge in [0.05, 0.1) is 26.0 Å². The van der Waals surface area contributed by atoms with E-state index in [1.807, 2.05) is 37.3 Å². The highest BCUT2D eigenvalue weighted by molar-refractivity contribution is 7.22. The molecule has 0 atom stereocenters. The summed E-state index contributed by atoms with van der Waals surface area (Å²) in [5.74, 6) is 1.84. The molecular formula is C26H33N3O4S. The minimum Gasteiger partial charge on any atom is -0.494 e. The highest BCUT2D eigenvalue weighted by Crippen LogP contribution is 2.36. The number of carbonyl (C=O) groups excluding carboxylic acids is 1. The molecule has 1 aromatic heterocycles. The van der Waals surface area contributed by atoms with Crippen molar-refractivity contribution in [2.75, 3.05) is 52.4 Å². The van der Waals surface area contributed by atoms with Crippen molar-refractivity contribution in [2.45, 2.75) is 20.8 Å². The van der Waals surface area contributed by atoms with Gasteiger partial charge < -0.3 is 19.1 Å². The molecule has 0 radical (unpaired) electrons. The van der Waals surface area contributed by atoms with E-state index in [4.69, 9.17) is 19.2 Å². The Hall–Kier alpha value is -3.10. The number of hydrogen-bond donors (Lipinski definition) is 0. The fourth-order valence-electron chi connectivity index (χ4n) is 3.67. The Morgan fingerprint density at radius 3 is 2.29 bits per heavy atom. The molecule has 3 aromatic rings. The van der Waals surface area contributed by atoms with Gasteiger partial charge in [-0.3, -0.25) is 9.69 Å². The van der Waals surface area contributed by atoms with Gasteiger partial charge in [0.2, 0.25) is 0 Å². The lowest BCUT2D eigenvalue weighted by molar-refractivity contribution is -0.114. The average Bonchev–Trinajstić information content (AvgIpc) is 3.31. The van der Waals surface area contributed by atoms with Crippen molar-refractivity contribution in [2.24, 2.45) is 0 Å². The number of amides is 1. The molecule has 34 heavy (non-hydrogen) atoms.